The van der Waals surface area contributed by atoms with Gasteiger partial charge in [0.2, 0.25) is 0 Å². The highest BCUT2D eigenvalue weighted by atomic mass is 16.3. The van der Waals surface area contributed by atoms with Crippen LogP contribution in [0.3, 0.4) is 0 Å². The van der Waals surface area contributed by atoms with Gasteiger partial charge >= 0.3 is 0 Å². The molecule has 0 heterocycles. The minimum Gasteiger partial charge on any atom is -0.385 e. The summed E-state index contributed by atoms with van der Waals surface area (Å²) < 4.78 is 0. The summed E-state index contributed by atoms with van der Waals surface area (Å²) in [7, 11) is 0. The highest BCUT2D eigenvalue weighted by molar-refractivity contribution is 5.90. The lowest BCUT2D eigenvalue weighted by atomic mass is 9.80. The van der Waals surface area contributed by atoms with Crippen LogP contribution >= 0.6 is 0 Å². The number of ketones is 1. The molecule has 1 aliphatic rings. The third-order valence-electron chi connectivity index (χ3n) is 2.84. The van der Waals surface area contributed by atoms with Crippen molar-refractivity contribution in [1.82, 2.24) is 0 Å². The monoisotopic (exact) mass is 184 g/mol. The first-order chi connectivity index (χ1) is 6.07. The van der Waals surface area contributed by atoms with Gasteiger partial charge in [0.05, 0.1) is 0 Å². The average molecular weight is 184 g/mol. The fourth-order valence-corrected chi connectivity index (χ4v) is 2.04. The second kappa shape index (κ2) is 3.60. The quantitative estimate of drug-likeness (QED) is 0.633. The maximum absolute atomic E-state index is 11.2. The number of carbonyl (C=O) groups is 1. The molecule has 0 saturated heterocycles. The summed E-state index contributed by atoms with van der Waals surface area (Å²) in [4.78, 5) is 11.2. The predicted molar refractivity (Wildman–Crippen MR) is 49.2 cm³/mol. The zero-order chi connectivity index (χ0) is 10.1. The minimum atomic E-state index is -1.07. The van der Waals surface area contributed by atoms with E-state index in [0.29, 0.717) is 12.8 Å². The molecule has 3 nitrogen and oxygen atoms in total. The summed E-state index contributed by atoms with van der Waals surface area (Å²) in [6, 6.07) is 0. The first-order valence-corrected chi connectivity index (χ1v) is 4.61. The summed E-state index contributed by atoms with van der Waals surface area (Å²) in [5.74, 6) is -0.464. The van der Waals surface area contributed by atoms with Gasteiger partial charge in [-0.1, -0.05) is 19.4 Å². The van der Waals surface area contributed by atoms with E-state index in [1.165, 1.54) is 0 Å². The SMILES string of the molecule is C=CC1(CCC)CC(O)C(=O)C1O. The number of carbonyl (C=O) groups excluding carboxylic acids is 1. The van der Waals surface area contributed by atoms with Crippen molar-refractivity contribution in [3.05, 3.63) is 12.7 Å². The normalized spacial score (nSPS) is 39.5. The van der Waals surface area contributed by atoms with Gasteiger partial charge in [0.25, 0.3) is 0 Å². The standard InChI is InChI=1S/C10H16O3/c1-3-5-10(4-2)6-7(11)8(12)9(10)13/h4,7,9,11,13H,2-3,5-6H2,1H3. The van der Waals surface area contributed by atoms with E-state index >= 15 is 0 Å². The Morgan fingerprint density at radius 2 is 2.31 bits per heavy atom. The van der Waals surface area contributed by atoms with Crippen LogP contribution in [-0.2, 0) is 4.79 Å². The molecule has 0 bridgehead atoms. The zero-order valence-corrected chi connectivity index (χ0v) is 7.86. The number of rotatable bonds is 3. The Kier molecular flexibility index (Phi) is 2.88. The van der Waals surface area contributed by atoms with E-state index < -0.39 is 23.4 Å². The second-order valence-corrected chi connectivity index (χ2v) is 3.71. The largest absolute Gasteiger partial charge is 0.385 e. The molecule has 3 heteroatoms. The third kappa shape index (κ3) is 1.54. The van der Waals surface area contributed by atoms with Crippen molar-refractivity contribution < 1.29 is 15.0 Å². The van der Waals surface area contributed by atoms with Gasteiger partial charge in [-0.3, -0.25) is 4.79 Å². The van der Waals surface area contributed by atoms with Crippen molar-refractivity contribution in [3.63, 3.8) is 0 Å². The van der Waals surface area contributed by atoms with Crippen molar-refractivity contribution in [3.8, 4) is 0 Å². The molecule has 0 spiro atoms. The van der Waals surface area contributed by atoms with Crippen LogP contribution in [0.4, 0.5) is 0 Å². The Morgan fingerprint density at radius 3 is 2.62 bits per heavy atom. The number of aliphatic hydroxyl groups excluding tert-OH is 2. The van der Waals surface area contributed by atoms with E-state index in [1.807, 2.05) is 6.92 Å². The van der Waals surface area contributed by atoms with Crippen LogP contribution in [-0.4, -0.2) is 28.2 Å². The van der Waals surface area contributed by atoms with Crippen LogP contribution in [0.2, 0.25) is 0 Å². The number of hydrogen-bond acceptors (Lipinski definition) is 3. The molecular weight excluding hydrogens is 168 g/mol. The van der Waals surface area contributed by atoms with Crippen LogP contribution < -0.4 is 0 Å². The lowest BCUT2D eigenvalue weighted by molar-refractivity contribution is -0.132. The van der Waals surface area contributed by atoms with Gasteiger partial charge in [-0.05, 0) is 12.8 Å². The highest BCUT2D eigenvalue weighted by Crippen LogP contribution is 2.41. The average Bonchev–Trinajstić information content (AvgIpc) is 2.32. The fraction of sp³-hybridized carbons (Fsp3) is 0.700. The lowest BCUT2D eigenvalue weighted by Gasteiger charge is -2.26. The molecule has 3 atom stereocenters. The van der Waals surface area contributed by atoms with Gasteiger partial charge in [-0.2, -0.15) is 0 Å². The molecule has 0 amide bonds. The van der Waals surface area contributed by atoms with Crippen LogP contribution in [0.25, 0.3) is 0 Å². The van der Waals surface area contributed by atoms with Gasteiger partial charge < -0.3 is 10.2 Å². The number of aliphatic hydroxyl groups is 2. The molecule has 1 saturated carbocycles. The molecule has 1 rings (SSSR count). The topological polar surface area (TPSA) is 57.5 Å². The van der Waals surface area contributed by atoms with Crippen molar-refractivity contribution in [2.45, 2.75) is 38.4 Å². The molecule has 0 radical (unpaired) electrons. The maximum Gasteiger partial charge on any atom is 0.190 e. The van der Waals surface area contributed by atoms with Gasteiger partial charge in [0, 0.05) is 5.41 Å². The predicted octanol–water partition coefficient (Wildman–Crippen LogP) is 0.653. The second-order valence-electron chi connectivity index (χ2n) is 3.71. The molecule has 74 valence electrons. The molecule has 0 aromatic heterocycles. The Hall–Kier alpha value is -0.670. The summed E-state index contributed by atoms with van der Waals surface area (Å²) in [5.41, 5.74) is -0.592. The van der Waals surface area contributed by atoms with E-state index in [0.717, 1.165) is 6.42 Å². The minimum absolute atomic E-state index is 0.310. The first-order valence-electron chi connectivity index (χ1n) is 4.61. The van der Waals surface area contributed by atoms with Crippen molar-refractivity contribution in [1.29, 1.82) is 0 Å². The first kappa shape index (κ1) is 10.4. The summed E-state index contributed by atoms with van der Waals surface area (Å²) in [5, 5.41) is 18.9. The summed E-state index contributed by atoms with van der Waals surface area (Å²) in [6.07, 6.45) is 1.39. The zero-order valence-electron chi connectivity index (χ0n) is 7.86. The van der Waals surface area contributed by atoms with Crippen LogP contribution in [0.1, 0.15) is 26.2 Å². The molecule has 1 fully saturated rings. The molecule has 0 aromatic carbocycles. The Labute approximate surface area is 78.1 Å². The van der Waals surface area contributed by atoms with Crippen LogP contribution in [0.5, 0.6) is 0 Å². The van der Waals surface area contributed by atoms with E-state index in [1.54, 1.807) is 6.08 Å². The van der Waals surface area contributed by atoms with Crippen LogP contribution in [0, 0.1) is 5.41 Å². The molecular formula is C10H16O3. The number of hydrogen-bond donors (Lipinski definition) is 2. The van der Waals surface area contributed by atoms with Gasteiger partial charge in [-0.15, -0.1) is 6.58 Å². The molecule has 0 aromatic rings. The molecule has 1 aliphatic carbocycles. The maximum atomic E-state index is 11.2. The third-order valence-corrected chi connectivity index (χ3v) is 2.84. The molecule has 3 unspecified atom stereocenters. The lowest BCUT2D eigenvalue weighted by Crippen LogP contribution is -2.32. The Morgan fingerprint density at radius 1 is 1.69 bits per heavy atom. The molecule has 13 heavy (non-hydrogen) atoms. The van der Waals surface area contributed by atoms with E-state index in [4.69, 9.17) is 0 Å². The van der Waals surface area contributed by atoms with Crippen LogP contribution in [0.15, 0.2) is 12.7 Å². The van der Waals surface area contributed by atoms with E-state index in [9.17, 15) is 15.0 Å². The van der Waals surface area contributed by atoms with E-state index in [-0.39, 0.29) is 0 Å². The van der Waals surface area contributed by atoms with E-state index in [2.05, 4.69) is 6.58 Å². The molecule has 2 N–H and O–H groups in total. The fourth-order valence-electron chi connectivity index (χ4n) is 2.04. The van der Waals surface area contributed by atoms with Crippen molar-refractivity contribution in [2.75, 3.05) is 0 Å². The molecule has 0 aliphatic heterocycles. The summed E-state index contributed by atoms with van der Waals surface area (Å²) >= 11 is 0. The van der Waals surface area contributed by atoms with Gasteiger partial charge in [0.1, 0.15) is 12.2 Å². The Balaban J connectivity index is 2.89. The highest BCUT2D eigenvalue weighted by Gasteiger charge is 2.49. The van der Waals surface area contributed by atoms with Crippen molar-refractivity contribution in [2.24, 2.45) is 5.41 Å². The van der Waals surface area contributed by atoms with Gasteiger partial charge in [0.15, 0.2) is 5.78 Å². The summed E-state index contributed by atoms with van der Waals surface area (Å²) in [6.45, 7) is 5.61. The smallest absolute Gasteiger partial charge is 0.190 e. The van der Waals surface area contributed by atoms with Crippen molar-refractivity contribution >= 4 is 5.78 Å². The van der Waals surface area contributed by atoms with Gasteiger partial charge in [-0.25, -0.2) is 0 Å². The number of Topliss-reactive ketones (excluding diaryl/α,β-unsaturated/α-hetero) is 1. The Bertz CT molecular complexity index is 224.